The summed E-state index contributed by atoms with van der Waals surface area (Å²) in [7, 11) is 1.68. The Labute approximate surface area is 259 Å². The van der Waals surface area contributed by atoms with Crippen LogP contribution >= 0.6 is 0 Å². The highest BCUT2D eigenvalue weighted by Crippen LogP contribution is 2.46. The maximum Gasteiger partial charge on any atom is 0.119 e. The second kappa shape index (κ2) is 11.4. The number of hydrogen-bond donors (Lipinski definition) is 2. The summed E-state index contributed by atoms with van der Waals surface area (Å²) in [5.41, 5.74) is 7.01. The lowest BCUT2D eigenvalue weighted by molar-refractivity contribution is 0.346. The third kappa shape index (κ3) is 6.47. The molecule has 0 saturated heterocycles. The first-order valence-corrected chi connectivity index (χ1v) is 15.3. The van der Waals surface area contributed by atoms with Gasteiger partial charge in [-0.3, -0.25) is 0 Å². The molecule has 0 spiro atoms. The Morgan fingerprint density at radius 1 is 0.535 bits per heavy atom. The molecular weight excluding hydrogens is 528 g/mol. The lowest BCUT2D eigenvalue weighted by Gasteiger charge is -2.34. The standard InChI is InChI=1S/C40H50O3/c1-37(2,3)33-25-30(19-23-35(33)42)40(9,10)28-16-14-27(15-17-28)39(7,8)29-18-22-34(41)32(24-29)36(38(4,5)6)26-12-20-31(43-11)21-13-26/h12-25,36,41-42H,1-11H3. The van der Waals surface area contributed by atoms with E-state index in [2.05, 4.69) is 124 Å². The van der Waals surface area contributed by atoms with Crippen LogP contribution in [0.5, 0.6) is 17.2 Å². The van der Waals surface area contributed by atoms with E-state index >= 15 is 0 Å². The first-order chi connectivity index (χ1) is 19.9. The summed E-state index contributed by atoms with van der Waals surface area (Å²) >= 11 is 0. The predicted molar refractivity (Wildman–Crippen MR) is 180 cm³/mol. The smallest absolute Gasteiger partial charge is 0.119 e. The Hall–Kier alpha value is -3.72. The molecule has 3 nitrogen and oxygen atoms in total. The molecule has 4 rings (SSSR count). The first kappa shape index (κ1) is 32.2. The van der Waals surface area contributed by atoms with Gasteiger partial charge in [0.15, 0.2) is 0 Å². The molecule has 0 amide bonds. The zero-order valence-corrected chi connectivity index (χ0v) is 28.0. The monoisotopic (exact) mass is 578 g/mol. The van der Waals surface area contributed by atoms with E-state index in [1.54, 1.807) is 7.11 Å². The van der Waals surface area contributed by atoms with Gasteiger partial charge in [-0.05, 0) is 68.5 Å². The van der Waals surface area contributed by atoms with Gasteiger partial charge in [0.25, 0.3) is 0 Å². The van der Waals surface area contributed by atoms with E-state index in [1.807, 2.05) is 30.3 Å². The van der Waals surface area contributed by atoms with E-state index in [-0.39, 0.29) is 27.6 Å². The number of phenols is 2. The number of hydrogen-bond acceptors (Lipinski definition) is 3. The molecule has 4 aromatic carbocycles. The van der Waals surface area contributed by atoms with Crippen LogP contribution < -0.4 is 4.74 Å². The van der Waals surface area contributed by atoms with Crippen molar-refractivity contribution in [2.45, 2.75) is 91.4 Å². The summed E-state index contributed by atoms with van der Waals surface area (Å²) in [6.45, 7) is 22.0. The van der Waals surface area contributed by atoms with E-state index < -0.39 is 0 Å². The van der Waals surface area contributed by atoms with Gasteiger partial charge in [0, 0.05) is 22.3 Å². The molecular formula is C40H50O3. The van der Waals surface area contributed by atoms with Gasteiger partial charge in [0.05, 0.1) is 7.11 Å². The summed E-state index contributed by atoms with van der Waals surface area (Å²) in [5.74, 6) is 1.48. The van der Waals surface area contributed by atoms with E-state index in [4.69, 9.17) is 4.74 Å². The minimum absolute atomic E-state index is 0.000583. The number of ether oxygens (including phenoxy) is 1. The lowest BCUT2D eigenvalue weighted by Crippen LogP contribution is -2.23. The van der Waals surface area contributed by atoms with Crippen molar-refractivity contribution in [1.82, 2.24) is 0 Å². The summed E-state index contributed by atoms with van der Waals surface area (Å²) in [6, 6.07) is 29.2. The van der Waals surface area contributed by atoms with Crippen molar-refractivity contribution < 1.29 is 14.9 Å². The average Bonchev–Trinajstić information content (AvgIpc) is 2.93. The third-order valence-corrected chi connectivity index (χ3v) is 9.23. The van der Waals surface area contributed by atoms with Crippen LogP contribution in [0.25, 0.3) is 0 Å². The van der Waals surface area contributed by atoms with Crippen LogP contribution in [0.15, 0.2) is 84.9 Å². The second-order valence-corrected chi connectivity index (χ2v) is 15.2. The summed E-state index contributed by atoms with van der Waals surface area (Å²) in [5, 5.41) is 21.7. The molecule has 0 fully saturated rings. The molecule has 0 bridgehead atoms. The van der Waals surface area contributed by atoms with Gasteiger partial charge in [-0.2, -0.15) is 0 Å². The molecule has 228 valence electrons. The van der Waals surface area contributed by atoms with Gasteiger partial charge >= 0.3 is 0 Å². The number of rotatable bonds is 7. The highest BCUT2D eigenvalue weighted by molar-refractivity contribution is 5.51. The van der Waals surface area contributed by atoms with Crippen molar-refractivity contribution in [3.63, 3.8) is 0 Å². The first-order valence-electron chi connectivity index (χ1n) is 15.3. The van der Waals surface area contributed by atoms with E-state index in [0.717, 1.165) is 28.0 Å². The Bertz CT molecular complexity index is 1560. The topological polar surface area (TPSA) is 49.7 Å². The molecule has 3 heteroatoms. The molecule has 0 saturated carbocycles. The van der Waals surface area contributed by atoms with Crippen LogP contribution in [0.3, 0.4) is 0 Å². The van der Waals surface area contributed by atoms with Gasteiger partial charge < -0.3 is 14.9 Å². The van der Waals surface area contributed by atoms with Gasteiger partial charge in [0.2, 0.25) is 0 Å². The van der Waals surface area contributed by atoms with Crippen LogP contribution in [-0.2, 0) is 16.2 Å². The van der Waals surface area contributed by atoms with Crippen molar-refractivity contribution in [1.29, 1.82) is 0 Å². The van der Waals surface area contributed by atoms with Crippen molar-refractivity contribution in [2.24, 2.45) is 5.41 Å². The Balaban J connectivity index is 1.71. The van der Waals surface area contributed by atoms with Crippen LogP contribution in [0.2, 0.25) is 0 Å². The van der Waals surface area contributed by atoms with Crippen LogP contribution in [0, 0.1) is 5.41 Å². The van der Waals surface area contributed by atoms with Gasteiger partial charge in [0.1, 0.15) is 17.2 Å². The highest BCUT2D eigenvalue weighted by Gasteiger charge is 2.33. The van der Waals surface area contributed by atoms with Crippen LogP contribution in [0.1, 0.15) is 114 Å². The van der Waals surface area contributed by atoms with Crippen molar-refractivity contribution in [3.8, 4) is 17.2 Å². The fourth-order valence-electron chi connectivity index (χ4n) is 6.28. The maximum atomic E-state index is 11.1. The summed E-state index contributed by atoms with van der Waals surface area (Å²) in [6.07, 6.45) is 0. The lowest BCUT2D eigenvalue weighted by atomic mass is 9.70. The quantitative estimate of drug-likeness (QED) is 0.229. The number of methoxy groups -OCH3 is 1. The van der Waals surface area contributed by atoms with Crippen molar-refractivity contribution in [3.05, 3.63) is 124 Å². The minimum Gasteiger partial charge on any atom is -0.508 e. The molecule has 43 heavy (non-hydrogen) atoms. The largest absolute Gasteiger partial charge is 0.508 e. The molecule has 1 atom stereocenters. The zero-order chi connectivity index (χ0) is 32.0. The Morgan fingerprint density at radius 2 is 0.977 bits per heavy atom. The van der Waals surface area contributed by atoms with E-state index in [1.165, 1.54) is 16.7 Å². The SMILES string of the molecule is COc1ccc(C(c2cc(C(C)(C)c3ccc(C(C)(C)c4ccc(O)c(C(C)(C)C)c4)cc3)ccc2O)C(C)(C)C)cc1. The van der Waals surface area contributed by atoms with Gasteiger partial charge in [-0.1, -0.05) is 130 Å². The molecule has 0 aliphatic rings. The van der Waals surface area contributed by atoms with Crippen LogP contribution in [0.4, 0.5) is 0 Å². The molecule has 4 aromatic rings. The molecule has 0 aromatic heterocycles. The maximum absolute atomic E-state index is 11.1. The second-order valence-electron chi connectivity index (χ2n) is 15.2. The van der Waals surface area contributed by atoms with E-state index in [0.29, 0.717) is 11.5 Å². The molecule has 2 N–H and O–H groups in total. The Morgan fingerprint density at radius 3 is 1.42 bits per heavy atom. The Kier molecular flexibility index (Phi) is 8.55. The van der Waals surface area contributed by atoms with Gasteiger partial charge in [-0.15, -0.1) is 0 Å². The fourth-order valence-corrected chi connectivity index (χ4v) is 6.28. The summed E-state index contributed by atoms with van der Waals surface area (Å²) < 4.78 is 5.39. The normalized spacial score (nSPS) is 13.6. The van der Waals surface area contributed by atoms with Crippen molar-refractivity contribution in [2.75, 3.05) is 7.11 Å². The summed E-state index contributed by atoms with van der Waals surface area (Å²) in [4.78, 5) is 0. The van der Waals surface area contributed by atoms with Gasteiger partial charge in [-0.25, -0.2) is 0 Å². The molecule has 1 unspecified atom stereocenters. The third-order valence-electron chi connectivity index (χ3n) is 9.23. The number of benzene rings is 4. The predicted octanol–water partition coefficient (Wildman–Crippen LogP) is 10.2. The van der Waals surface area contributed by atoms with Crippen LogP contribution in [-0.4, -0.2) is 17.3 Å². The average molecular weight is 579 g/mol. The molecule has 0 aliphatic heterocycles. The fraction of sp³-hybridized carbons (Fsp3) is 0.400. The number of phenolic OH excluding ortho intramolecular Hbond substituents is 2. The molecule has 0 radical (unpaired) electrons. The van der Waals surface area contributed by atoms with Crippen molar-refractivity contribution >= 4 is 0 Å². The molecule has 0 heterocycles. The zero-order valence-electron chi connectivity index (χ0n) is 28.0. The van der Waals surface area contributed by atoms with E-state index in [9.17, 15) is 10.2 Å². The number of aromatic hydroxyl groups is 2. The minimum atomic E-state index is -0.286. The highest BCUT2D eigenvalue weighted by atomic mass is 16.5. The molecule has 0 aliphatic carbocycles.